The molecule has 116 valence electrons. The number of aryl methyl sites for hydroxylation is 1. The number of benzene rings is 1. The molecule has 0 bridgehead atoms. The monoisotopic (exact) mass is 302 g/mol. The number of fused-ring (bicyclic) bond motifs is 1. The zero-order valence-corrected chi connectivity index (χ0v) is 12.3. The molecule has 3 rings (SSSR count). The van der Waals surface area contributed by atoms with E-state index in [-0.39, 0.29) is 5.69 Å². The predicted octanol–water partition coefficient (Wildman–Crippen LogP) is 2.10. The van der Waals surface area contributed by atoms with Gasteiger partial charge in [-0.2, -0.15) is 0 Å². The number of hydrogen-bond donors (Lipinski definition) is 2. The maximum absolute atomic E-state index is 11.9. The van der Waals surface area contributed by atoms with Crippen molar-refractivity contribution >= 4 is 22.8 Å². The summed E-state index contributed by atoms with van der Waals surface area (Å²) in [7, 11) is 1.66. The second-order valence-electron chi connectivity index (χ2n) is 5.63. The number of carbonyl (C=O) groups is 2. The van der Waals surface area contributed by atoms with Crippen LogP contribution < -0.4 is 0 Å². The first-order chi connectivity index (χ1) is 10.5. The molecule has 1 saturated heterocycles. The van der Waals surface area contributed by atoms with Crippen LogP contribution in [0.3, 0.4) is 0 Å². The quantitative estimate of drug-likeness (QED) is 0.903. The third kappa shape index (κ3) is 2.16. The van der Waals surface area contributed by atoms with Crippen molar-refractivity contribution < 1.29 is 19.8 Å². The minimum Gasteiger partial charge on any atom is -0.480 e. The van der Waals surface area contributed by atoms with E-state index in [0.717, 1.165) is 18.4 Å². The number of para-hydroxylation sites is 1. The topological polar surface area (TPSA) is 82.8 Å². The van der Waals surface area contributed by atoms with Gasteiger partial charge >= 0.3 is 11.9 Å². The molecule has 1 aromatic heterocycles. The molecule has 0 unspecified atom stereocenters. The molecule has 0 spiro atoms. The molecule has 1 aliphatic heterocycles. The van der Waals surface area contributed by atoms with Crippen LogP contribution in [0.4, 0.5) is 0 Å². The minimum atomic E-state index is -1.10. The molecular weight excluding hydrogens is 284 g/mol. The van der Waals surface area contributed by atoms with Gasteiger partial charge < -0.3 is 14.8 Å². The van der Waals surface area contributed by atoms with Gasteiger partial charge in [0.1, 0.15) is 11.7 Å². The summed E-state index contributed by atoms with van der Waals surface area (Å²) in [6.45, 7) is 1.36. The molecule has 6 heteroatoms. The number of nitrogens with zero attached hydrogens (tertiary/aromatic N) is 2. The summed E-state index contributed by atoms with van der Waals surface area (Å²) in [5.41, 5.74) is 1.18. The van der Waals surface area contributed by atoms with Gasteiger partial charge in [-0.1, -0.05) is 18.2 Å². The van der Waals surface area contributed by atoms with Crippen molar-refractivity contribution in [3.63, 3.8) is 0 Å². The molecule has 2 N–H and O–H groups in total. The van der Waals surface area contributed by atoms with Crippen LogP contribution in [0.15, 0.2) is 24.3 Å². The first kappa shape index (κ1) is 14.6. The van der Waals surface area contributed by atoms with Crippen molar-refractivity contribution in [2.75, 3.05) is 13.1 Å². The van der Waals surface area contributed by atoms with Crippen LogP contribution in [0.1, 0.15) is 34.9 Å². The summed E-state index contributed by atoms with van der Waals surface area (Å²) in [6.07, 6.45) is 1.88. The number of carboxylic acids is 2. The van der Waals surface area contributed by atoms with Crippen molar-refractivity contribution in [2.24, 2.45) is 7.05 Å². The van der Waals surface area contributed by atoms with Gasteiger partial charge in [0.05, 0.1) is 0 Å². The molecule has 1 aromatic carbocycles. The van der Waals surface area contributed by atoms with E-state index in [0.29, 0.717) is 24.0 Å². The van der Waals surface area contributed by atoms with E-state index in [2.05, 4.69) is 0 Å². The highest BCUT2D eigenvalue weighted by molar-refractivity contribution is 6.01. The highest BCUT2D eigenvalue weighted by Gasteiger charge is 2.36. The summed E-state index contributed by atoms with van der Waals surface area (Å²) in [5, 5.41) is 20.0. The summed E-state index contributed by atoms with van der Waals surface area (Å²) < 4.78 is 1.57. The van der Waals surface area contributed by atoms with Gasteiger partial charge in [0, 0.05) is 23.5 Å². The van der Waals surface area contributed by atoms with E-state index in [4.69, 9.17) is 0 Å². The van der Waals surface area contributed by atoms with E-state index in [1.165, 1.54) is 0 Å². The van der Waals surface area contributed by atoms with E-state index in [1.807, 2.05) is 17.0 Å². The summed E-state index contributed by atoms with van der Waals surface area (Å²) in [4.78, 5) is 25.5. The Morgan fingerprint density at radius 1 is 1.14 bits per heavy atom. The van der Waals surface area contributed by atoms with Crippen molar-refractivity contribution in [3.05, 3.63) is 35.5 Å². The second-order valence-corrected chi connectivity index (χ2v) is 5.63. The normalized spacial score (nSPS) is 17.0. The van der Waals surface area contributed by atoms with Gasteiger partial charge in [-0.25, -0.2) is 4.79 Å². The van der Waals surface area contributed by atoms with Gasteiger partial charge in [0.15, 0.2) is 0 Å². The van der Waals surface area contributed by atoms with Gasteiger partial charge in [0.25, 0.3) is 0 Å². The van der Waals surface area contributed by atoms with Crippen LogP contribution in [-0.2, 0) is 11.8 Å². The fourth-order valence-electron chi connectivity index (χ4n) is 3.42. The van der Waals surface area contributed by atoms with Crippen molar-refractivity contribution in [1.29, 1.82) is 0 Å². The molecular formula is C16H18N2O4. The van der Waals surface area contributed by atoms with Crippen molar-refractivity contribution in [3.8, 4) is 0 Å². The Balaban J connectivity index is 2.29. The van der Waals surface area contributed by atoms with Crippen LogP contribution >= 0.6 is 0 Å². The van der Waals surface area contributed by atoms with Crippen LogP contribution in [0.25, 0.3) is 10.9 Å². The predicted molar refractivity (Wildman–Crippen MR) is 81.1 cm³/mol. The molecule has 2 heterocycles. The fraction of sp³-hybridized carbons (Fsp3) is 0.375. The summed E-state index contributed by atoms with van der Waals surface area (Å²) in [5.74, 6) is -2.10. The number of aromatic nitrogens is 1. The van der Waals surface area contributed by atoms with E-state index in [9.17, 15) is 19.8 Å². The molecule has 0 amide bonds. The SMILES string of the molecule is Cn1c(C(=O)O)c([C@@H](C(=O)O)N2CCCC2)c2ccccc21. The molecule has 1 fully saturated rings. The largest absolute Gasteiger partial charge is 0.480 e. The van der Waals surface area contributed by atoms with Gasteiger partial charge in [-0.3, -0.25) is 9.69 Å². The standard InChI is InChI=1S/C16H18N2O4/c1-17-11-7-3-2-6-10(11)12(13(17)15(19)20)14(16(21)22)18-8-4-5-9-18/h2-3,6-7,14H,4-5,8-9H2,1H3,(H,19,20)(H,21,22)/t14-/m0/s1. The number of rotatable bonds is 4. The molecule has 6 nitrogen and oxygen atoms in total. The Morgan fingerprint density at radius 2 is 1.77 bits per heavy atom. The second kappa shape index (κ2) is 5.46. The van der Waals surface area contributed by atoms with Crippen molar-refractivity contribution in [1.82, 2.24) is 9.47 Å². The molecule has 0 radical (unpaired) electrons. The zero-order chi connectivity index (χ0) is 15.9. The number of aliphatic carboxylic acids is 1. The van der Waals surface area contributed by atoms with Crippen LogP contribution in [-0.4, -0.2) is 44.7 Å². The Hall–Kier alpha value is -2.34. The first-order valence-electron chi connectivity index (χ1n) is 7.30. The average Bonchev–Trinajstić information content (AvgIpc) is 3.08. The number of likely N-dealkylation sites (tertiary alicyclic amines) is 1. The van der Waals surface area contributed by atoms with Gasteiger partial charge in [-0.05, 0) is 32.0 Å². The number of hydrogen-bond acceptors (Lipinski definition) is 3. The van der Waals surface area contributed by atoms with Gasteiger partial charge in [-0.15, -0.1) is 0 Å². The summed E-state index contributed by atoms with van der Waals surface area (Å²) >= 11 is 0. The van der Waals surface area contributed by atoms with Crippen molar-refractivity contribution in [2.45, 2.75) is 18.9 Å². The van der Waals surface area contributed by atoms with E-state index in [1.54, 1.807) is 23.7 Å². The lowest BCUT2D eigenvalue weighted by Gasteiger charge is -2.24. The lowest BCUT2D eigenvalue weighted by molar-refractivity contribution is -0.143. The Kier molecular flexibility index (Phi) is 3.62. The Labute approximate surface area is 127 Å². The molecule has 1 aliphatic rings. The molecule has 2 aromatic rings. The van der Waals surface area contributed by atoms with E-state index < -0.39 is 18.0 Å². The highest BCUT2D eigenvalue weighted by atomic mass is 16.4. The first-order valence-corrected chi connectivity index (χ1v) is 7.30. The molecule has 0 aliphatic carbocycles. The summed E-state index contributed by atoms with van der Waals surface area (Å²) in [6, 6.07) is 6.32. The lowest BCUT2D eigenvalue weighted by Crippen LogP contribution is -2.33. The third-order valence-electron chi connectivity index (χ3n) is 4.36. The molecule has 0 saturated carbocycles. The number of aromatic carboxylic acids is 1. The van der Waals surface area contributed by atoms with Gasteiger partial charge in [0.2, 0.25) is 0 Å². The lowest BCUT2D eigenvalue weighted by atomic mass is 10.0. The molecule has 22 heavy (non-hydrogen) atoms. The highest BCUT2D eigenvalue weighted by Crippen LogP contribution is 2.35. The zero-order valence-electron chi connectivity index (χ0n) is 12.3. The fourth-order valence-corrected chi connectivity index (χ4v) is 3.42. The van der Waals surface area contributed by atoms with E-state index >= 15 is 0 Å². The van der Waals surface area contributed by atoms with Crippen LogP contribution in [0, 0.1) is 0 Å². The Bertz CT molecular complexity index is 744. The third-order valence-corrected chi connectivity index (χ3v) is 4.36. The van der Waals surface area contributed by atoms with Crippen LogP contribution in [0.5, 0.6) is 0 Å². The minimum absolute atomic E-state index is 0.0560. The average molecular weight is 302 g/mol. The Morgan fingerprint density at radius 3 is 2.36 bits per heavy atom. The van der Waals surface area contributed by atoms with Crippen LogP contribution in [0.2, 0.25) is 0 Å². The maximum atomic E-state index is 11.9. The maximum Gasteiger partial charge on any atom is 0.352 e. The smallest absolute Gasteiger partial charge is 0.352 e. The molecule has 1 atom stereocenters. The number of carboxylic acid groups (broad SMARTS) is 2.